The number of hydrogen-bond donors (Lipinski definition) is 1. The number of aryl methyl sites for hydroxylation is 1. The lowest BCUT2D eigenvalue weighted by atomic mass is 9.87. The Morgan fingerprint density at radius 1 is 1.16 bits per heavy atom. The molecular formula is C16H21NO2. The summed E-state index contributed by atoms with van der Waals surface area (Å²) in [5, 5.41) is 3.25. The summed E-state index contributed by atoms with van der Waals surface area (Å²) in [5.74, 6) is 0.354. The van der Waals surface area contributed by atoms with E-state index in [0.29, 0.717) is 0 Å². The van der Waals surface area contributed by atoms with Crippen LogP contribution in [-0.2, 0) is 16.0 Å². The van der Waals surface area contributed by atoms with Crippen LogP contribution >= 0.6 is 0 Å². The Morgan fingerprint density at radius 2 is 1.95 bits per heavy atom. The fourth-order valence-electron chi connectivity index (χ4n) is 3.15. The molecule has 3 heteroatoms. The summed E-state index contributed by atoms with van der Waals surface area (Å²) in [6.45, 7) is 1.44. The minimum atomic E-state index is 0.142. The number of fused-ring (bicyclic) bond motifs is 1. The summed E-state index contributed by atoms with van der Waals surface area (Å²) in [5.41, 5.74) is 2.71. The Bertz CT molecular complexity index is 452. The summed E-state index contributed by atoms with van der Waals surface area (Å²) >= 11 is 0. The molecule has 102 valence electrons. The number of carbonyl (C=O) groups excluding carboxylic acids is 1. The van der Waals surface area contributed by atoms with E-state index in [9.17, 15) is 4.79 Å². The van der Waals surface area contributed by atoms with Gasteiger partial charge in [0.05, 0.1) is 6.04 Å². The minimum Gasteiger partial charge on any atom is -0.381 e. The molecular weight excluding hydrogens is 238 g/mol. The molecule has 1 aliphatic carbocycles. The number of rotatable bonds is 2. The molecule has 1 fully saturated rings. The molecule has 0 spiro atoms. The third-order valence-electron chi connectivity index (χ3n) is 4.28. The van der Waals surface area contributed by atoms with Gasteiger partial charge in [-0.2, -0.15) is 0 Å². The van der Waals surface area contributed by atoms with Crippen LogP contribution in [0.4, 0.5) is 0 Å². The molecule has 19 heavy (non-hydrogen) atoms. The van der Waals surface area contributed by atoms with Crippen molar-refractivity contribution in [3.8, 4) is 0 Å². The highest BCUT2D eigenvalue weighted by atomic mass is 16.5. The lowest BCUT2D eigenvalue weighted by molar-refractivity contribution is -0.128. The first kappa shape index (κ1) is 12.7. The summed E-state index contributed by atoms with van der Waals surface area (Å²) in [6.07, 6.45) is 5.09. The lowest BCUT2D eigenvalue weighted by Crippen LogP contribution is -2.37. The monoisotopic (exact) mass is 259 g/mol. The molecule has 0 aromatic heterocycles. The van der Waals surface area contributed by atoms with Gasteiger partial charge in [-0.1, -0.05) is 24.3 Å². The van der Waals surface area contributed by atoms with Crippen LogP contribution in [0.15, 0.2) is 24.3 Å². The number of amides is 1. The van der Waals surface area contributed by atoms with Crippen molar-refractivity contribution in [2.75, 3.05) is 13.2 Å². The average Bonchev–Trinajstić information content (AvgIpc) is 2.48. The van der Waals surface area contributed by atoms with Crippen LogP contribution in [-0.4, -0.2) is 19.1 Å². The van der Waals surface area contributed by atoms with Gasteiger partial charge < -0.3 is 10.1 Å². The molecule has 3 rings (SSSR count). The van der Waals surface area contributed by atoms with E-state index in [1.165, 1.54) is 11.1 Å². The second-order valence-electron chi connectivity index (χ2n) is 5.54. The third-order valence-corrected chi connectivity index (χ3v) is 4.28. The Hall–Kier alpha value is -1.35. The van der Waals surface area contributed by atoms with Gasteiger partial charge in [0.2, 0.25) is 5.91 Å². The molecule has 0 radical (unpaired) electrons. The van der Waals surface area contributed by atoms with Gasteiger partial charge in [0, 0.05) is 19.1 Å². The number of carbonyl (C=O) groups is 1. The topological polar surface area (TPSA) is 38.3 Å². The number of ether oxygens (including phenoxy) is 1. The molecule has 1 aromatic carbocycles. The van der Waals surface area contributed by atoms with E-state index in [0.717, 1.165) is 45.3 Å². The first-order chi connectivity index (χ1) is 9.34. The van der Waals surface area contributed by atoms with Gasteiger partial charge >= 0.3 is 0 Å². The van der Waals surface area contributed by atoms with Crippen LogP contribution in [0.1, 0.15) is 42.9 Å². The summed E-state index contributed by atoms with van der Waals surface area (Å²) in [4.78, 5) is 12.3. The zero-order valence-corrected chi connectivity index (χ0v) is 11.2. The summed E-state index contributed by atoms with van der Waals surface area (Å²) < 4.78 is 5.32. The van der Waals surface area contributed by atoms with E-state index < -0.39 is 0 Å². The zero-order valence-electron chi connectivity index (χ0n) is 11.2. The van der Waals surface area contributed by atoms with E-state index in [-0.39, 0.29) is 17.9 Å². The van der Waals surface area contributed by atoms with Gasteiger partial charge in [0.15, 0.2) is 0 Å². The maximum atomic E-state index is 12.3. The van der Waals surface area contributed by atoms with Crippen molar-refractivity contribution >= 4 is 5.91 Å². The maximum absolute atomic E-state index is 12.3. The van der Waals surface area contributed by atoms with E-state index in [1.54, 1.807) is 0 Å². The molecule has 1 atom stereocenters. The van der Waals surface area contributed by atoms with Gasteiger partial charge in [-0.05, 0) is 43.2 Å². The first-order valence-corrected chi connectivity index (χ1v) is 7.30. The van der Waals surface area contributed by atoms with Crippen molar-refractivity contribution in [1.29, 1.82) is 0 Å². The molecule has 1 heterocycles. The summed E-state index contributed by atoms with van der Waals surface area (Å²) in [7, 11) is 0. The quantitative estimate of drug-likeness (QED) is 0.886. The highest BCUT2D eigenvalue weighted by Gasteiger charge is 2.26. The van der Waals surface area contributed by atoms with Gasteiger partial charge in [0.1, 0.15) is 0 Å². The van der Waals surface area contributed by atoms with Crippen LogP contribution in [0.25, 0.3) is 0 Å². The van der Waals surface area contributed by atoms with Crippen LogP contribution in [0.5, 0.6) is 0 Å². The zero-order chi connectivity index (χ0) is 13.1. The molecule has 0 bridgehead atoms. The van der Waals surface area contributed by atoms with Crippen molar-refractivity contribution in [3.05, 3.63) is 35.4 Å². The predicted octanol–water partition coefficient (Wildman–Crippen LogP) is 2.61. The Kier molecular flexibility index (Phi) is 3.83. The molecule has 1 aromatic rings. The number of nitrogens with one attached hydrogen (secondary N) is 1. The van der Waals surface area contributed by atoms with E-state index in [2.05, 4.69) is 29.6 Å². The second-order valence-corrected chi connectivity index (χ2v) is 5.54. The van der Waals surface area contributed by atoms with Gasteiger partial charge in [-0.15, -0.1) is 0 Å². The molecule has 1 N–H and O–H groups in total. The molecule has 0 saturated carbocycles. The smallest absolute Gasteiger partial charge is 0.223 e. The fourth-order valence-corrected chi connectivity index (χ4v) is 3.15. The first-order valence-electron chi connectivity index (χ1n) is 7.30. The molecule has 1 unspecified atom stereocenters. The Balaban J connectivity index is 1.68. The predicted molar refractivity (Wildman–Crippen MR) is 73.8 cm³/mol. The van der Waals surface area contributed by atoms with Crippen LogP contribution in [0.3, 0.4) is 0 Å². The highest BCUT2D eigenvalue weighted by molar-refractivity contribution is 5.79. The van der Waals surface area contributed by atoms with Crippen molar-refractivity contribution in [1.82, 2.24) is 5.32 Å². The molecule has 2 aliphatic rings. The highest BCUT2D eigenvalue weighted by Crippen LogP contribution is 2.30. The van der Waals surface area contributed by atoms with Crippen LogP contribution in [0, 0.1) is 5.92 Å². The normalized spacial score (nSPS) is 23.7. The lowest BCUT2D eigenvalue weighted by Gasteiger charge is -2.29. The number of benzene rings is 1. The summed E-state index contributed by atoms with van der Waals surface area (Å²) in [6, 6.07) is 8.70. The van der Waals surface area contributed by atoms with E-state index >= 15 is 0 Å². The van der Waals surface area contributed by atoms with Gasteiger partial charge in [0.25, 0.3) is 0 Å². The van der Waals surface area contributed by atoms with Crippen LogP contribution in [0.2, 0.25) is 0 Å². The minimum absolute atomic E-state index is 0.142. The van der Waals surface area contributed by atoms with E-state index in [4.69, 9.17) is 4.74 Å². The average molecular weight is 259 g/mol. The van der Waals surface area contributed by atoms with Crippen molar-refractivity contribution in [2.45, 2.75) is 38.1 Å². The van der Waals surface area contributed by atoms with Crippen LogP contribution < -0.4 is 5.32 Å². The Morgan fingerprint density at radius 3 is 2.79 bits per heavy atom. The molecule has 3 nitrogen and oxygen atoms in total. The number of hydrogen-bond acceptors (Lipinski definition) is 2. The standard InChI is InChI=1S/C16H21NO2/c18-16(13-8-10-19-11-9-13)17-15-7-3-5-12-4-1-2-6-14(12)15/h1-2,4,6,13,15H,3,5,7-11H2,(H,17,18). The van der Waals surface area contributed by atoms with Gasteiger partial charge in [-0.25, -0.2) is 0 Å². The second kappa shape index (κ2) is 5.74. The molecule has 1 aliphatic heterocycles. The van der Waals surface area contributed by atoms with E-state index in [1.807, 2.05) is 0 Å². The Labute approximate surface area is 114 Å². The van der Waals surface area contributed by atoms with Crippen molar-refractivity contribution in [3.63, 3.8) is 0 Å². The SMILES string of the molecule is O=C(NC1CCCc2ccccc21)C1CCOCC1. The fraction of sp³-hybridized carbons (Fsp3) is 0.562. The third kappa shape index (κ3) is 2.81. The van der Waals surface area contributed by atoms with Gasteiger partial charge in [-0.3, -0.25) is 4.79 Å². The van der Waals surface area contributed by atoms with Crippen molar-refractivity contribution in [2.24, 2.45) is 5.92 Å². The maximum Gasteiger partial charge on any atom is 0.223 e. The van der Waals surface area contributed by atoms with Crippen molar-refractivity contribution < 1.29 is 9.53 Å². The molecule has 1 amide bonds. The largest absolute Gasteiger partial charge is 0.381 e. The molecule has 1 saturated heterocycles.